The van der Waals surface area contributed by atoms with Crippen LogP contribution in [0.2, 0.25) is 0 Å². The van der Waals surface area contributed by atoms with Gasteiger partial charge in [-0.25, -0.2) is 9.59 Å². The highest BCUT2D eigenvalue weighted by atomic mass is 19.4. The normalized spacial score (nSPS) is 11.4. The van der Waals surface area contributed by atoms with Crippen LogP contribution in [-0.4, -0.2) is 42.3 Å². The lowest BCUT2D eigenvalue weighted by Crippen LogP contribution is -2.38. The third-order valence-electron chi connectivity index (χ3n) is 5.57. The van der Waals surface area contributed by atoms with E-state index < -0.39 is 53.1 Å². The van der Waals surface area contributed by atoms with Crippen molar-refractivity contribution in [3.8, 4) is 5.69 Å². The van der Waals surface area contributed by atoms with E-state index in [9.17, 15) is 37.1 Å². The number of alkyl halides is 3. The molecule has 15 heteroatoms. The first-order valence-electron chi connectivity index (χ1n) is 11.0. The minimum atomic E-state index is -4.88. The van der Waals surface area contributed by atoms with Gasteiger partial charge in [-0.05, 0) is 48.0 Å². The number of carboxylic acids is 2. The predicted molar refractivity (Wildman–Crippen MR) is 130 cm³/mol. The van der Waals surface area contributed by atoms with E-state index in [-0.39, 0.29) is 23.1 Å². The van der Waals surface area contributed by atoms with Gasteiger partial charge in [0.25, 0.3) is 0 Å². The lowest BCUT2D eigenvalue weighted by Gasteiger charge is -2.17. The highest BCUT2D eigenvalue weighted by Crippen LogP contribution is 2.36. The number of urea groups is 1. The van der Waals surface area contributed by atoms with Crippen molar-refractivity contribution in [1.82, 2.24) is 19.4 Å². The smallest absolute Gasteiger partial charge is 0.418 e. The van der Waals surface area contributed by atoms with E-state index in [2.05, 4.69) is 15.6 Å². The van der Waals surface area contributed by atoms with Gasteiger partial charge in [0, 0.05) is 24.6 Å². The average molecular weight is 545 g/mol. The van der Waals surface area contributed by atoms with Crippen LogP contribution in [0.15, 0.2) is 64.4 Å². The number of carbonyl (C=O) groups excluding carboxylic acids is 1. The van der Waals surface area contributed by atoms with Gasteiger partial charge in [0.05, 0.1) is 27.8 Å². The van der Waals surface area contributed by atoms with Gasteiger partial charge >= 0.3 is 35.3 Å². The van der Waals surface area contributed by atoms with E-state index in [0.29, 0.717) is 21.9 Å². The molecular formula is C24H18F3N5O7. The first-order chi connectivity index (χ1) is 18.3. The van der Waals surface area contributed by atoms with E-state index in [4.69, 9.17) is 10.2 Å². The van der Waals surface area contributed by atoms with Crippen LogP contribution >= 0.6 is 0 Å². The van der Waals surface area contributed by atoms with E-state index in [1.54, 1.807) is 0 Å². The summed E-state index contributed by atoms with van der Waals surface area (Å²) >= 11 is 0. The summed E-state index contributed by atoms with van der Waals surface area (Å²) in [7, 11) is 0. The number of carbonyl (C=O) groups is 3. The molecule has 0 aliphatic heterocycles. The van der Waals surface area contributed by atoms with Crippen LogP contribution in [-0.2, 0) is 24.1 Å². The molecule has 4 rings (SSSR count). The van der Waals surface area contributed by atoms with Gasteiger partial charge in [-0.15, -0.1) is 0 Å². The summed E-state index contributed by atoms with van der Waals surface area (Å²) in [5.41, 5.74) is -3.99. The minimum absolute atomic E-state index is 0.0283. The number of halogens is 3. The van der Waals surface area contributed by atoms with Crippen LogP contribution < -0.4 is 21.8 Å². The summed E-state index contributed by atoms with van der Waals surface area (Å²) in [6, 6.07) is 7.70. The van der Waals surface area contributed by atoms with Crippen molar-refractivity contribution in [3.63, 3.8) is 0 Å². The molecule has 0 saturated carbocycles. The fourth-order valence-corrected chi connectivity index (χ4v) is 3.79. The van der Waals surface area contributed by atoms with Crippen LogP contribution in [0.25, 0.3) is 16.7 Å². The van der Waals surface area contributed by atoms with Crippen LogP contribution in [0.4, 0.5) is 23.7 Å². The quantitative estimate of drug-likeness (QED) is 0.222. The fourth-order valence-electron chi connectivity index (χ4n) is 3.79. The molecule has 0 radical (unpaired) electrons. The Hall–Kier alpha value is -5.34. The second kappa shape index (κ2) is 10.2. The SMILES string of the molecule is O=C(O)Cn1c(=O)c(=O)[nH]c2cc(C(F)(F)F)c(-n3ccc(CNC(=O)Nc4ccc(C(=O)O)cc4)c3)cc21. The van der Waals surface area contributed by atoms with Gasteiger partial charge in [0.1, 0.15) is 6.54 Å². The molecule has 2 aromatic carbocycles. The zero-order valence-electron chi connectivity index (χ0n) is 19.6. The number of carboxylic acid groups (broad SMARTS) is 2. The Labute approximate surface area is 214 Å². The monoisotopic (exact) mass is 545 g/mol. The molecule has 4 aromatic rings. The molecule has 0 bridgehead atoms. The number of H-pyrrole nitrogens is 1. The summed E-state index contributed by atoms with van der Waals surface area (Å²) in [5, 5.41) is 23.1. The Morgan fingerprint density at radius 3 is 2.31 bits per heavy atom. The van der Waals surface area contributed by atoms with Crippen LogP contribution in [0, 0.1) is 0 Å². The first-order valence-corrected chi connectivity index (χ1v) is 11.0. The molecule has 5 N–H and O–H groups in total. The van der Waals surface area contributed by atoms with Crippen molar-refractivity contribution in [2.24, 2.45) is 0 Å². The second-order valence-electron chi connectivity index (χ2n) is 8.24. The molecule has 2 aromatic heterocycles. The van der Waals surface area contributed by atoms with Crippen molar-refractivity contribution in [2.45, 2.75) is 19.3 Å². The predicted octanol–water partition coefficient (Wildman–Crippen LogP) is 2.60. The number of aromatic nitrogens is 3. The maximum absolute atomic E-state index is 13.9. The van der Waals surface area contributed by atoms with E-state index in [0.717, 1.165) is 10.6 Å². The molecule has 0 fully saturated rings. The van der Waals surface area contributed by atoms with Crippen molar-refractivity contribution in [2.75, 3.05) is 5.32 Å². The summed E-state index contributed by atoms with van der Waals surface area (Å²) < 4.78 is 43.4. The summed E-state index contributed by atoms with van der Waals surface area (Å²) in [6.45, 7) is -1.04. The second-order valence-corrected chi connectivity index (χ2v) is 8.24. The van der Waals surface area contributed by atoms with Gasteiger partial charge in [-0.2, -0.15) is 13.2 Å². The number of amides is 2. The topological polar surface area (TPSA) is 176 Å². The average Bonchev–Trinajstić information content (AvgIpc) is 3.33. The molecule has 2 amide bonds. The van der Waals surface area contributed by atoms with Crippen molar-refractivity contribution in [3.05, 3.63) is 92.3 Å². The van der Waals surface area contributed by atoms with Crippen molar-refractivity contribution in [1.29, 1.82) is 0 Å². The summed E-state index contributed by atoms with van der Waals surface area (Å²) in [4.78, 5) is 60.5. The molecule has 0 unspecified atom stereocenters. The largest absolute Gasteiger partial charge is 0.480 e. The lowest BCUT2D eigenvalue weighted by atomic mass is 10.1. The number of aliphatic carboxylic acids is 1. The van der Waals surface area contributed by atoms with E-state index in [1.165, 1.54) is 42.7 Å². The standard InChI is InChI=1S/C24H18F3N5O7/c25-24(26,27)15-7-16-18(32(11-19(33)34)21(36)20(35)30-16)8-17(15)31-6-5-12(10-31)9-28-23(39)29-14-3-1-13(2-4-14)22(37)38/h1-8,10H,9,11H2,(H,30,35)(H,33,34)(H,37,38)(H2,28,29,39). The Morgan fingerprint density at radius 2 is 1.69 bits per heavy atom. The third-order valence-corrected chi connectivity index (χ3v) is 5.57. The zero-order valence-corrected chi connectivity index (χ0v) is 19.6. The lowest BCUT2D eigenvalue weighted by molar-refractivity contribution is -0.138. The molecule has 12 nitrogen and oxygen atoms in total. The number of aromatic carboxylic acids is 1. The van der Waals surface area contributed by atoms with Crippen LogP contribution in [0.1, 0.15) is 21.5 Å². The third kappa shape index (κ3) is 5.82. The Morgan fingerprint density at radius 1 is 1.00 bits per heavy atom. The number of nitrogens with zero attached hydrogens (tertiary/aromatic N) is 2. The van der Waals surface area contributed by atoms with Gasteiger partial charge in [0.2, 0.25) is 0 Å². The molecule has 39 heavy (non-hydrogen) atoms. The molecule has 0 aliphatic rings. The Kier molecular flexibility index (Phi) is 6.99. The molecule has 0 atom stereocenters. The number of nitrogens with one attached hydrogen (secondary N) is 3. The highest BCUT2D eigenvalue weighted by molar-refractivity contribution is 5.91. The number of aromatic amines is 1. The Balaban J connectivity index is 1.62. The fraction of sp³-hybridized carbons (Fsp3) is 0.125. The molecule has 202 valence electrons. The van der Waals surface area contributed by atoms with Gasteiger partial charge < -0.3 is 30.4 Å². The Bertz CT molecular complexity index is 1720. The maximum Gasteiger partial charge on any atom is 0.418 e. The van der Waals surface area contributed by atoms with Crippen molar-refractivity contribution < 1.29 is 37.8 Å². The molecule has 0 aliphatic carbocycles. The molecular weight excluding hydrogens is 527 g/mol. The van der Waals surface area contributed by atoms with Gasteiger partial charge in [-0.1, -0.05) is 0 Å². The van der Waals surface area contributed by atoms with E-state index >= 15 is 0 Å². The number of rotatable bonds is 7. The number of fused-ring (bicyclic) bond motifs is 1. The minimum Gasteiger partial charge on any atom is -0.480 e. The summed E-state index contributed by atoms with van der Waals surface area (Å²) in [6.07, 6.45) is -2.31. The van der Waals surface area contributed by atoms with E-state index in [1.807, 2.05) is 0 Å². The number of anilines is 1. The number of hydrogen-bond donors (Lipinski definition) is 5. The first kappa shape index (κ1) is 26.7. The zero-order chi connectivity index (χ0) is 28.5. The van der Waals surface area contributed by atoms with Gasteiger partial charge in [0.15, 0.2) is 0 Å². The molecule has 0 saturated heterocycles. The highest BCUT2D eigenvalue weighted by Gasteiger charge is 2.35. The van der Waals surface area contributed by atoms with Crippen LogP contribution in [0.3, 0.4) is 0 Å². The van der Waals surface area contributed by atoms with Crippen molar-refractivity contribution >= 4 is 34.7 Å². The summed E-state index contributed by atoms with van der Waals surface area (Å²) in [5.74, 6) is -2.61. The van der Waals surface area contributed by atoms with Crippen LogP contribution in [0.5, 0.6) is 0 Å². The molecule has 0 spiro atoms. The van der Waals surface area contributed by atoms with Gasteiger partial charge in [-0.3, -0.25) is 19.0 Å². The maximum atomic E-state index is 13.9. The number of hydrogen-bond acceptors (Lipinski definition) is 5. The number of benzene rings is 2. The molecule has 2 heterocycles.